The molecule has 2 aromatic rings. The van der Waals surface area contributed by atoms with Crippen LogP contribution in [0.4, 0.5) is 5.82 Å². The predicted octanol–water partition coefficient (Wildman–Crippen LogP) is 0.913. The molecular formula is C11H13N5O. The van der Waals surface area contributed by atoms with E-state index in [9.17, 15) is 4.79 Å². The van der Waals surface area contributed by atoms with Crippen molar-refractivity contribution in [2.75, 3.05) is 5.32 Å². The second-order valence-electron chi connectivity index (χ2n) is 4.18. The quantitative estimate of drug-likeness (QED) is 0.820. The second-order valence-corrected chi connectivity index (χ2v) is 4.18. The summed E-state index contributed by atoms with van der Waals surface area (Å²) in [5, 5.41) is 9.60. The van der Waals surface area contributed by atoms with Crippen molar-refractivity contribution in [3.8, 4) is 0 Å². The highest BCUT2D eigenvalue weighted by molar-refractivity contribution is 5.32. The molecule has 2 heterocycles. The van der Waals surface area contributed by atoms with Gasteiger partial charge in [0.1, 0.15) is 0 Å². The zero-order valence-electron chi connectivity index (χ0n) is 9.26. The van der Waals surface area contributed by atoms with E-state index in [0.29, 0.717) is 18.4 Å². The summed E-state index contributed by atoms with van der Waals surface area (Å²) in [6.45, 7) is 0.549. The van der Waals surface area contributed by atoms with Gasteiger partial charge in [0.25, 0.3) is 5.56 Å². The molecular weight excluding hydrogens is 218 g/mol. The maximum absolute atomic E-state index is 12.0. The molecule has 17 heavy (non-hydrogen) atoms. The molecule has 0 aliphatic heterocycles. The number of aromatic amines is 1. The number of hydrogen-bond acceptors (Lipinski definition) is 4. The van der Waals surface area contributed by atoms with Gasteiger partial charge in [-0.05, 0) is 12.8 Å². The number of aromatic nitrogens is 4. The van der Waals surface area contributed by atoms with Crippen LogP contribution in [0.5, 0.6) is 0 Å². The molecule has 0 saturated heterocycles. The second kappa shape index (κ2) is 4.04. The molecule has 2 N–H and O–H groups in total. The zero-order valence-corrected chi connectivity index (χ0v) is 9.26. The molecule has 0 spiro atoms. The standard InChI is InChI=1S/C11H13N5O/c17-11-10(13-5-8-6-14-15-7-8)12-3-4-16(11)9-1-2-9/h3-4,6-7,9H,1-2,5H2,(H,12,13)(H,14,15). The summed E-state index contributed by atoms with van der Waals surface area (Å²) in [7, 11) is 0. The lowest BCUT2D eigenvalue weighted by Gasteiger charge is -2.06. The number of nitrogens with zero attached hydrogens (tertiary/aromatic N) is 3. The molecule has 3 rings (SSSR count). The van der Waals surface area contributed by atoms with Gasteiger partial charge in [-0.1, -0.05) is 0 Å². The Balaban J connectivity index is 1.78. The molecule has 0 unspecified atom stereocenters. The van der Waals surface area contributed by atoms with Crippen molar-refractivity contribution in [2.24, 2.45) is 0 Å². The molecule has 0 amide bonds. The van der Waals surface area contributed by atoms with Crippen LogP contribution in [-0.2, 0) is 6.54 Å². The number of H-pyrrole nitrogens is 1. The van der Waals surface area contributed by atoms with Gasteiger partial charge in [0.2, 0.25) is 0 Å². The van der Waals surface area contributed by atoms with Gasteiger partial charge in [0.15, 0.2) is 5.82 Å². The smallest absolute Gasteiger partial charge is 0.293 e. The van der Waals surface area contributed by atoms with Crippen LogP contribution in [-0.4, -0.2) is 19.7 Å². The van der Waals surface area contributed by atoms with Gasteiger partial charge in [-0.25, -0.2) is 4.98 Å². The van der Waals surface area contributed by atoms with E-state index in [0.717, 1.165) is 18.4 Å². The van der Waals surface area contributed by atoms with Crippen molar-refractivity contribution in [3.63, 3.8) is 0 Å². The minimum Gasteiger partial charge on any atom is -0.361 e. The first kappa shape index (κ1) is 10.1. The Morgan fingerprint density at radius 1 is 1.53 bits per heavy atom. The molecule has 0 radical (unpaired) electrons. The van der Waals surface area contributed by atoms with Crippen molar-refractivity contribution in [3.05, 3.63) is 40.7 Å². The van der Waals surface area contributed by atoms with Crippen molar-refractivity contribution in [2.45, 2.75) is 25.4 Å². The fourth-order valence-corrected chi connectivity index (χ4v) is 1.75. The fraction of sp³-hybridized carbons (Fsp3) is 0.364. The van der Waals surface area contributed by atoms with Crippen LogP contribution in [0, 0.1) is 0 Å². The third kappa shape index (κ3) is 2.06. The summed E-state index contributed by atoms with van der Waals surface area (Å²) in [5.74, 6) is 0.403. The normalized spacial score (nSPS) is 14.8. The number of hydrogen-bond donors (Lipinski definition) is 2. The molecule has 1 aliphatic rings. The van der Waals surface area contributed by atoms with Crippen molar-refractivity contribution in [1.29, 1.82) is 0 Å². The zero-order chi connectivity index (χ0) is 11.7. The van der Waals surface area contributed by atoms with Crippen LogP contribution >= 0.6 is 0 Å². The third-order valence-corrected chi connectivity index (χ3v) is 2.82. The summed E-state index contributed by atoms with van der Waals surface area (Å²) in [6, 6.07) is 0.375. The number of nitrogens with one attached hydrogen (secondary N) is 2. The van der Waals surface area contributed by atoms with E-state index in [4.69, 9.17) is 0 Å². The minimum atomic E-state index is -0.0431. The number of rotatable bonds is 4. The molecule has 1 fully saturated rings. The molecule has 88 valence electrons. The molecule has 2 aromatic heterocycles. The van der Waals surface area contributed by atoms with Crippen LogP contribution < -0.4 is 10.9 Å². The van der Waals surface area contributed by atoms with E-state index in [1.807, 2.05) is 0 Å². The van der Waals surface area contributed by atoms with Crippen molar-refractivity contribution >= 4 is 5.82 Å². The average molecular weight is 231 g/mol. The molecule has 0 atom stereocenters. The van der Waals surface area contributed by atoms with Gasteiger partial charge in [-0.2, -0.15) is 5.10 Å². The third-order valence-electron chi connectivity index (χ3n) is 2.82. The van der Waals surface area contributed by atoms with E-state index >= 15 is 0 Å². The van der Waals surface area contributed by atoms with E-state index in [1.165, 1.54) is 0 Å². The lowest BCUT2D eigenvalue weighted by molar-refractivity contribution is 0.699. The van der Waals surface area contributed by atoms with Gasteiger partial charge in [-0.3, -0.25) is 9.89 Å². The molecule has 1 aliphatic carbocycles. The molecule has 6 nitrogen and oxygen atoms in total. The van der Waals surface area contributed by atoms with Crippen molar-refractivity contribution < 1.29 is 0 Å². The van der Waals surface area contributed by atoms with Gasteiger partial charge in [-0.15, -0.1) is 0 Å². The SMILES string of the molecule is O=c1c(NCc2cn[nH]c2)nccn1C1CC1. The fourth-order valence-electron chi connectivity index (χ4n) is 1.75. The summed E-state index contributed by atoms with van der Waals surface area (Å²) >= 11 is 0. The van der Waals surface area contributed by atoms with Crippen LogP contribution in [0.3, 0.4) is 0 Å². The Morgan fingerprint density at radius 3 is 3.12 bits per heavy atom. The molecule has 1 saturated carbocycles. The van der Waals surface area contributed by atoms with E-state index < -0.39 is 0 Å². The summed E-state index contributed by atoms with van der Waals surface area (Å²) < 4.78 is 1.75. The highest BCUT2D eigenvalue weighted by Crippen LogP contribution is 2.33. The maximum Gasteiger partial charge on any atom is 0.293 e. The minimum absolute atomic E-state index is 0.0431. The summed E-state index contributed by atoms with van der Waals surface area (Å²) in [4.78, 5) is 16.1. The highest BCUT2D eigenvalue weighted by atomic mass is 16.1. The van der Waals surface area contributed by atoms with Crippen LogP contribution in [0.1, 0.15) is 24.4 Å². The molecule has 0 aromatic carbocycles. The Labute approximate surface area is 97.7 Å². The van der Waals surface area contributed by atoms with E-state index in [1.54, 1.807) is 29.4 Å². The van der Waals surface area contributed by atoms with Crippen LogP contribution in [0.15, 0.2) is 29.6 Å². The summed E-state index contributed by atoms with van der Waals surface area (Å²) in [6.07, 6.45) is 9.10. The Hall–Kier alpha value is -2.11. The highest BCUT2D eigenvalue weighted by Gasteiger charge is 2.25. The monoisotopic (exact) mass is 231 g/mol. The predicted molar refractivity (Wildman–Crippen MR) is 62.7 cm³/mol. The Kier molecular flexibility index (Phi) is 2.40. The first-order valence-corrected chi connectivity index (χ1v) is 5.63. The van der Waals surface area contributed by atoms with Gasteiger partial charge in [0, 0.05) is 36.7 Å². The van der Waals surface area contributed by atoms with Gasteiger partial charge in [0.05, 0.1) is 6.20 Å². The van der Waals surface area contributed by atoms with Crippen molar-refractivity contribution in [1.82, 2.24) is 19.7 Å². The number of anilines is 1. The Morgan fingerprint density at radius 2 is 2.41 bits per heavy atom. The van der Waals surface area contributed by atoms with E-state index in [2.05, 4.69) is 20.5 Å². The summed E-state index contributed by atoms with van der Waals surface area (Å²) in [5.41, 5.74) is 0.950. The largest absolute Gasteiger partial charge is 0.361 e. The first-order valence-electron chi connectivity index (χ1n) is 5.63. The molecule has 6 heteroatoms. The van der Waals surface area contributed by atoms with Gasteiger partial charge < -0.3 is 9.88 Å². The van der Waals surface area contributed by atoms with Gasteiger partial charge >= 0.3 is 0 Å². The lowest BCUT2D eigenvalue weighted by Crippen LogP contribution is -2.23. The van der Waals surface area contributed by atoms with Crippen LogP contribution in [0.25, 0.3) is 0 Å². The Bertz CT molecular complexity index is 555. The maximum atomic E-state index is 12.0. The van der Waals surface area contributed by atoms with Crippen LogP contribution in [0.2, 0.25) is 0 Å². The molecule has 0 bridgehead atoms. The first-order chi connectivity index (χ1) is 8.34. The lowest BCUT2D eigenvalue weighted by atomic mass is 10.3. The average Bonchev–Trinajstić information content (AvgIpc) is 3.04. The van der Waals surface area contributed by atoms with E-state index in [-0.39, 0.29) is 5.56 Å². The topological polar surface area (TPSA) is 75.6 Å².